The van der Waals surface area contributed by atoms with Gasteiger partial charge in [0, 0.05) is 6.54 Å². The van der Waals surface area contributed by atoms with E-state index in [2.05, 4.69) is 37.1 Å². The summed E-state index contributed by atoms with van der Waals surface area (Å²) in [7, 11) is 0. The molecule has 0 aromatic carbocycles. The van der Waals surface area contributed by atoms with Crippen LogP contribution in [0.2, 0.25) is 4.34 Å². The fourth-order valence-corrected chi connectivity index (χ4v) is 2.23. The zero-order chi connectivity index (χ0) is 12.0. The van der Waals surface area contributed by atoms with E-state index in [0.717, 1.165) is 28.9 Å². The molecule has 0 aliphatic carbocycles. The molecule has 0 spiro atoms. The molecule has 0 aliphatic rings. The largest absolute Gasteiger partial charge is 0.313 e. The lowest BCUT2D eigenvalue weighted by atomic mass is 10.0. The van der Waals surface area contributed by atoms with Crippen molar-refractivity contribution in [2.45, 2.75) is 27.2 Å². The van der Waals surface area contributed by atoms with Gasteiger partial charge in [-0.15, -0.1) is 11.3 Å². The predicted octanol–water partition coefficient (Wildman–Crippen LogP) is 3.84. The predicted molar refractivity (Wildman–Crippen MR) is 73.1 cm³/mol. The smallest absolute Gasteiger partial charge is 0.117 e. The maximum absolute atomic E-state index is 5.86. The Morgan fingerprint density at radius 3 is 2.88 bits per heavy atom. The maximum atomic E-state index is 5.86. The highest BCUT2D eigenvalue weighted by atomic mass is 35.5. The number of nitrogens with zero attached hydrogens (tertiary/aromatic N) is 1. The molecule has 16 heavy (non-hydrogen) atoms. The van der Waals surface area contributed by atoms with Gasteiger partial charge in [-0.3, -0.25) is 0 Å². The molecule has 0 unspecified atom stereocenters. The molecule has 0 radical (unpaired) electrons. The van der Waals surface area contributed by atoms with Crippen molar-refractivity contribution in [1.82, 2.24) is 10.3 Å². The van der Waals surface area contributed by atoms with Gasteiger partial charge in [0.05, 0.1) is 6.20 Å². The van der Waals surface area contributed by atoms with Crippen LogP contribution in [-0.4, -0.2) is 18.1 Å². The monoisotopic (exact) mass is 258 g/mol. The van der Waals surface area contributed by atoms with Crippen LogP contribution in [0.4, 0.5) is 0 Å². The Hall–Kier alpha value is -0.380. The Morgan fingerprint density at radius 1 is 1.62 bits per heavy atom. The van der Waals surface area contributed by atoms with E-state index < -0.39 is 0 Å². The first-order chi connectivity index (χ1) is 7.63. The summed E-state index contributed by atoms with van der Waals surface area (Å²) in [5, 5.41) is 4.41. The average molecular weight is 259 g/mol. The van der Waals surface area contributed by atoms with Crippen molar-refractivity contribution in [3.05, 3.63) is 21.1 Å². The van der Waals surface area contributed by atoms with Crippen LogP contribution in [0, 0.1) is 5.92 Å². The number of nitrogens with one attached hydrogen (secondary N) is 1. The van der Waals surface area contributed by atoms with Gasteiger partial charge in [0.2, 0.25) is 0 Å². The summed E-state index contributed by atoms with van der Waals surface area (Å²) in [6, 6.07) is 0. The van der Waals surface area contributed by atoms with E-state index in [1.807, 2.05) is 0 Å². The van der Waals surface area contributed by atoms with Crippen LogP contribution < -0.4 is 5.32 Å². The highest BCUT2D eigenvalue weighted by Crippen LogP contribution is 2.22. The van der Waals surface area contributed by atoms with Crippen molar-refractivity contribution in [1.29, 1.82) is 0 Å². The topological polar surface area (TPSA) is 24.9 Å². The van der Waals surface area contributed by atoms with Crippen LogP contribution in [0.5, 0.6) is 0 Å². The van der Waals surface area contributed by atoms with Gasteiger partial charge < -0.3 is 5.32 Å². The molecule has 0 aliphatic heterocycles. The second kappa shape index (κ2) is 7.05. The molecule has 4 heteroatoms. The number of hydrogen-bond donors (Lipinski definition) is 1. The molecule has 1 aromatic heterocycles. The van der Waals surface area contributed by atoms with Gasteiger partial charge in [-0.2, -0.15) is 0 Å². The third kappa shape index (κ3) is 4.64. The molecular formula is C12H19ClN2S. The summed E-state index contributed by atoms with van der Waals surface area (Å²) in [5.74, 6) is 0.534. The fraction of sp³-hybridized carbons (Fsp3) is 0.583. The van der Waals surface area contributed by atoms with Crippen LogP contribution in [0.1, 0.15) is 32.2 Å². The van der Waals surface area contributed by atoms with Crippen molar-refractivity contribution >= 4 is 29.0 Å². The molecule has 90 valence electrons. The molecule has 0 saturated heterocycles. The van der Waals surface area contributed by atoms with Crippen molar-refractivity contribution in [3.63, 3.8) is 0 Å². The third-order valence-electron chi connectivity index (χ3n) is 2.30. The molecule has 1 rings (SSSR count). The molecule has 0 saturated carbocycles. The zero-order valence-corrected chi connectivity index (χ0v) is 11.7. The van der Waals surface area contributed by atoms with Crippen LogP contribution in [0.3, 0.4) is 0 Å². The summed E-state index contributed by atoms with van der Waals surface area (Å²) < 4.78 is 0.746. The van der Waals surface area contributed by atoms with E-state index in [4.69, 9.17) is 11.6 Å². The molecule has 0 atom stereocenters. The van der Waals surface area contributed by atoms with Gasteiger partial charge in [0.25, 0.3) is 0 Å². The maximum Gasteiger partial charge on any atom is 0.117 e. The Bertz CT molecular complexity index is 345. The summed E-state index contributed by atoms with van der Waals surface area (Å²) in [6.07, 6.45) is 5.01. The van der Waals surface area contributed by atoms with Crippen molar-refractivity contribution in [3.8, 4) is 0 Å². The second-order valence-electron chi connectivity index (χ2n) is 4.05. The lowest BCUT2D eigenvalue weighted by Crippen LogP contribution is -2.19. The fourth-order valence-electron chi connectivity index (χ4n) is 1.32. The number of hydrogen-bond acceptors (Lipinski definition) is 3. The van der Waals surface area contributed by atoms with Crippen LogP contribution in [-0.2, 0) is 0 Å². The minimum absolute atomic E-state index is 0.534. The number of halogens is 1. The Labute approximate surface area is 107 Å². The van der Waals surface area contributed by atoms with Crippen molar-refractivity contribution < 1.29 is 0 Å². The van der Waals surface area contributed by atoms with Crippen LogP contribution in [0.25, 0.3) is 6.08 Å². The van der Waals surface area contributed by atoms with E-state index in [1.54, 1.807) is 6.20 Å². The summed E-state index contributed by atoms with van der Waals surface area (Å²) in [5.41, 5.74) is 1.37. The summed E-state index contributed by atoms with van der Waals surface area (Å²) in [6.45, 7) is 8.57. The van der Waals surface area contributed by atoms with Crippen molar-refractivity contribution in [2.75, 3.05) is 13.1 Å². The third-order valence-corrected chi connectivity index (χ3v) is 3.36. The molecule has 2 nitrogen and oxygen atoms in total. The van der Waals surface area contributed by atoms with E-state index in [1.165, 1.54) is 16.9 Å². The number of rotatable bonds is 6. The van der Waals surface area contributed by atoms with E-state index in [9.17, 15) is 0 Å². The van der Waals surface area contributed by atoms with Gasteiger partial charge in [0.1, 0.15) is 9.34 Å². The van der Waals surface area contributed by atoms with Crippen LogP contribution >= 0.6 is 22.9 Å². The molecule has 0 bridgehead atoms. The van der Waals surface area contributed by atoms with E-state index in [0.29, 0.717) is 5.92 Å². The highest BCUT2D eigenvalue weighted by Gasteiger charge is 2.05. The summed E-state index contributed by atoms with van der Waals surface area (Å²) in [4.78, 5) is 4.25. The number of aromatic nitrogens is 1. The minimum atomic E-state index is 0.534. The first-order valence-corrected chi connectivity index (χ1v) is 6.85. The quantitative estimate of drug-likeness (QED) is 0.785. The van der Waals surface area contributed by atoms with Gasteiger partial charge in [-0.05, 0) is 25.0 Å². The first kappa shape index (κ1) is 13.7. The Balaban J connectivity index is 2.65. The van der Waals surface area contributed by atoms with Crippen molar-refractivity contribution in [2.24, 2.45) is 5.92 Å². The second-order valence-corrected chi connectivity index (χ2v) is 5.75. The minimum Gasteiger partial charge on any atom is -0.313 e. The van der Waals surface area contributed by atoms with Crippen LogP contribution in [0.15, 0.2) is 11.8 Å². The SMILES string of the molecule is CCCNC/C(=C/c1ncc(Cl)s1)C(C)C. The first-order valence-electron chi connectivity index (χ1n) is 5.66. The average Bonchev–Trinajstić information content (AvgIpc) is 2.63. The summed E-state index contributed by atoms with van der Waals surface area (Å²) >= 11 is 7.38. The Kier molecular flexibility index (Phi) is 6.03. The Morgan fingerprint density at radius 2 is 2.38 bits per heavy atom. The molecular weight excluding hydrogens is 240 g/mol. The van der Waals surface area contributed by atoms with E-state index >= 15 is 0 Å². The standard InChI is InChI=1S/C12H19ClN2S/c1-4-5-14-7-10(9(2)3)6-12-15-8-11(13)16-12/h6,8-9,14H,4-5,7H2,1-3H3/b10-6-. The van der Waals surface area contributed by atoms with E-state index in [-0.39, 0.29) is 0 Å². The normalized spacial score (nSPS) is 12.4. The zero-order valence-electron chi connectivity index (χ0n) is 10.1. The highest BCUT2D eigenvalue weighted by molar-refractivity contribution is 7.16. The molecule has 1 heterocycles. The van der Waals surface area contributed by atoms with Gasteiger partial charge >= 0.3 is 0 Å². The molecule has 1 aromatic rings. The lowest BCUT2D eigenvalue weighted by Gasteiger charge is -2.11. The molecule has 0 amide bonds. The van der Waals surface area contributed by atoms with Gasteiger partial charge in [0.15, 0.2) is 0 Å². The molecule has 0 fully saturated rings. The van der Waals surface area contributed by atoms with Gasteiger partial charge in [-0.25, -0.2) is 4.98 Å². The lowest BCUT2D eigenvalue weighted by molar-refractivity contribution is 0.657. The number of thiazole rings is 1. The molecule has 1 N–H and O–H groups in total. The van der Waals surface area contributed by atoms with Gasteiger partial charge in [-0.1, -0.05) is 37.9 Å².